The minimum atomic E-state index is -0.332. The first-order chi connectivity index (χ1) is 15.7. The van der Waals surface area contributed by atoms with Gasteiger partial charge in [-0.25, -0.2) is 9.18 Å². The first kappa shape index (κ1) is 18.8. The molecule has 2 amide bonds. The molecule has 158 valence electrons. The molecule has 0 spiro atoms. The molecule has 6 rings (SSSR count). The number of para-hydroxylation sites is 2. The van der Waals surface area contributed by atoms with E-state index in [2.05, 4.69) is 16.5 Å². The van der Waals surface area contributed by atoms with Crippen molar-refractivity contribution in [2.24, 2.45) is 4.99 Å². The lowest BCUT2D eigenvalue weighted by atomic mass is 10.00. The number of halogens is 1. The number of hydrazine groups is 1. The highest BCUT2D eigenvalue weighted by atomic mass is 19.1. The van der Waals surface area contributed by atoms with E-state index in [0.29, 0.717) is 24.4 Å². The summed E-state index contributed by atoms with van der Waals surface area (Å²) in [5, 5.41) is 3.02. The van der Waals surface area contributed by atoms with Gasteiger partial charge in [-0.15, -0.1) is 0 Å². The van der Waals surface area contributed by atoms with E-state index in [-0.39, 0.29) is 18.0 Å². The Morgan fingerprint density at radius 2 is 1.72 bits per heavy atom. The predicted molar refractivity (Wildman–Crippen MR) is 122 cm³/mol. The lowest BCUT2D eigenvalue weighted by molar-refractivity contribution is 0.181. The van der Waals surface area contributed by atoms with Gasteiger partial charge in [0.1, 0.15) is 12.0 Å². The van der Waals surface area contributed by atoms with Gasteiger partial charge >= 0.3 is 6.03 Å². The SMILES string of the molecule is O=C1NN(Cc2c[nH]c3ccccc23)C2CN=C(c3ccccc3F)c3ccccc3N12. The number of anilines is 1. The second-order valence-corrected chi connectivity index (χ2v) is 7.94. The number of benzene rings is 3. The molecule has 1 atom stereocenters. The molecule has 1 fully saturated rings. The summed E-state index contributed by atoms with van der Waals surface area (Å²) >= 11 is 0. The monoisotopic (exact) mass is 425 g/mol. The van der Waals surface area contributed by atoms with E-state index in [0.717, 1.165) is 27.7 Å². The Hall–Kier alpha value is -3.97. The molecule has 1 unspecified atom stereocenters. The zero-order chi connectivity index (χ0) is 21.7. The van der Waals surface area contributed by atoms with Gasteiger partial charge in [-0.05, 0) is 29.8 Å². The first-order valence-corrected chi connectivity index (χ1v) is 10.5. The van der Waals surface area contributed by atoms with Crippen LogP contribution in [0.25, 0.3) is 10.9 Å². The number of urea groups is 1. The molecule has 2 aliphatic heterocycles. The summed E-state index contributed by atoms with van der Waals surface area (Å²) in [7, 11) is 0. The van der Waals surface area contributed by atoms with Crippen LogP contribution < -0.4 is 10.3 Å². The van der Waals surface area contributed by atoms with Crippen molar-refractivity contribution in [1.29, 1.82) is 0 Å². The summed E-state index contributed by atoms with van der Waals surface area (Å²) in [6.45, 7) is 0.836. The zero-order valence-electron chi connectivity index (χ0n) is 17.1. The van der Waals surface area contributed by atoms with Gasteiger partial charge in [-0.1, -0.05) is 48.5 Å². The van der Waals surface area contributed by atoms with E-state index >= 15 is 0 Å². The molecule has 3 heterocycles. The van der Waals surface area contributed by atoms with Crippen LogP contribution in [0.15, 0.2) is 84.0 Å². The van der Waals surface area contributed by atoms with Crippen LogP contribution in [0, 0.1) is 5.82 Å². The molecule has 32 heavy (non-hydrogen) atoms. The van der Waals surface area contributed by atoms with Gasteiger partial charge < -0.3 is 4.98 Å². The van der Waals surface area contributed by atoms with Crippen LogP contribution in [-0.2, 0) is 6.54 Å². The van der Waals surface area contributed by atoms with Crippen molar-refractivity contribution in [2.45, 2.75) is 12.7 Å². The van der Waals surface area contributed by atoms with Crippen molar-refractivity contribution in [3.63, 3.8) is 0 Å². The lowest BCUT2D eigenvalue weighted by Crippen LogP contribution is -2.42. The minimum Gasteiger partial charge on any atom is -0.361 e. The van der Waals surface area contributed by atoms with E-state index in [9.17, 15) is 9.18 Å². The van der Waals surface area contributed by atoms with Crippen molar-refractivity contribution in [1.82, 2.24) is 15.4 Å². The van der Waals surface area contributed by atoms with Gasteiger partial charge in [0.25, 0.3) is 0 Å². The van der Waals surface area contributed by atoms with Crippen LogP contribution in [0.1, 0.15) is 16.7 Å². The Labute approximate surface area is 184 Å². The zero-order valence-corrected chi connectivity index (χ0v) is 17.1. The maximum absolute atomic E-state index is 14.7. The topological polar surface area (TPSA) is 63.7 Å². The van der Waals surface area contributed by atoms with E-state index in [1.54, 1.807) is 23.1 Å². The Morgan fingerprint density at radius 1 is 0.969 bits per heavy atom. The number of nitrogens with zero attached hydrogens (tertiary/aromatic N) is 3. The standard InChI is InChI=1S/C25H20FN5O/c26-20-10-4-1-8-18(20)24-19-9-3-6-12-22(19)31-23(14-28-24)30(29-25(31)32)15-16-13-27-21-11-5-2-7-17(16)21/h1-13,23,27H,14-15H2,(H,29,32). The molecule has 6 nitrogen and oxygen atoms in total. The van der Waals surface area contributed by atoms with Crippen LogP contribution >= 0.6 is 0 Å². The van der Waals surface area contributed by atoms with E-state index in [4.69, 9.17) is 4.99 Å². The molecule has 2 N–H and O–H groups in total. The van der Waals surface area contributed by atoms with Crippen molar-refractivity contribution < 1.29 is 9.18 Å². The average Bonchev–Trinajstić information content (AvgIpc) is 3.30. The lowest BCUT2D eigenvalue weighted by Gasteiger charge is -2.26. The fourth-order valence-electron chi connectivity index (χ4n) is 4.59. The molecule has 1 saturated heterocycles. The minimum absolute atomic E-state index is 0.215. The number of fused-ring (bicyclic) bond motifs is 4. The number of hydrogen-bond acceptors (Lipinski definition) is 3. The predicted octanol–water partition coefficient (Wildman–Crippen LogP) is 4.43. The van der Waals surface area contributed by atoms with E-state index < -0.39 is 0 Å². The van der Waals surface area contributed by atoms with Gasteiger partial charge in [-0.3, -0.25) is 15.3 Å². The second kappa shape index (κ2) is 7.32. The number of carbonyl (C=O) groups is 1. The van der Waals surface area contributed by atoms with E-state index in [1.807, 2.05) is 53.7 Å². The molecule has 7 heteroatoms. The number of H-pyrrole nitrogens is 1. The molecule has 0 bridgehead atoms. The Bertz CT molecular complexity index is 1380. The van der Waals surface area contributed by atoms with Crippen LogP contribution in [0.3, 0.4) is 0 Å². The molecule has 0 aliphatic carbocycles. The van der Waals surface area contributed by atoms with Crippen molar-refractivity contribution in [3.05, 3.63) is 102 Å². The quantitative estimate of drug-likeness (QED) is 0.510. The molecule has 4 aromatic rings. The molecule has 3 aromatic carbocycles. The summed E-state index contributed by atoms with van der Waals surface area (Å²) in [6, 6.07) is 22.0. The van der Waals surface area contributed by atoms with Gasteiger partial charge in [-0.2, -0.15) is 5.01 Å². The van der Waals surface area contributed by atoms with Crippen molar-refractivity contribution in [2.75, 3.05) is 11.4 Å². The maximum atomic E-state index is 14.7. The fourth-order valence-corrected chi connectivity index (χ4v) is 4.59. The maximum Gasteiger partial charge on any atom is 0.337 e. The molecule has 2 aliphatic rings. The second-order valence-electron chi connectivity index (χ2n) is 7.94. The van der Waals surface area contributed by atoms with Gasteiger partial charge in [0.15, 0.2) is 0 Å². The Balaban J connectivity index is 1.42. The third-order valence-corrected chi connectivity index (χ3v) is 6.09. The fraction of sp³-hybridized carbons (Fsp3) is 0.120. The highest BCUT2D eigenvalue weighted by Gasteiger charge is 2.41. The molecular weight excluding hydrogens is 405 g/mol. The molecule has 0 saturated carbocycles. The number of amides is 2. The Kier molecular flexibility index (Phi) is 4.29. The van der Waals surface area contributed by atoms with E-state index in [1.165, 1.54) is 6.07 Å². The summed E-state index contributed by atoms with van der Waals surface area (Å²) in [5.74, 6) is -0.330. The van der Waals surface area contributed by atoms with Crippen molar-refractivity contribution >= 4 is 28.3 Å². The smallest absolute Gasteiger partial charge is 0.337 e. The molecule has 0 radical (unpaired) electrons. The highest BCUT2D eigenvalue weighted by Crippen LogP contribution is 2.33. The number of rotatable bonds is 3. The van der Waals surface area contributed by atoms with Gasteiger partial charge in [0, 0.05) is 34.8 Å². The number of hydrogen-bond donors (Lipinski definition) is 2. The first-order valence-electron chi connectivity index (χ1n) is 10.5. The Morgan fingerprint density at radius 3 is 2.59 bits per heavy atom. The summed E-state index contributed by atoms with van der Waals surface area (Å²) in [6.07, 6.45) is 1.64. The van der Waals surface area contributed by atoms with Gasteiger partial charge in [0.2, 0.25) is 0 Å². The summed E-state index contributed by atoms with van der Waals surface area (Å²) < 4.78 is 14.7. The van der Waals surface area contributed by atoms with Crippen LogP contribution in [0.4, 0.5) is 14.9 Å². The van der Waals surface area contributed by atoms with Crippen LogP contribution in [0.5, 0.6) is 0 Å². The number of aliphatic imine (C=N–C) groups is 1. The molecule has 1 aromatic heterocycles. The number of aromatic nitrogens is 1. The van der Waals surface area contributed by atoms with Crippen molar-refractivity contribution in [3.8, 4) is 0 Å². The van der Waals surface area contributed by atoms with Crippen LogP contribution in [0.2, 0.25) is 0 Å². The molecular formula is C25H20FN5O. The number of carbonyl (C=O) groups excluding carboxylic acids is 1. The number of nitrogens with one attached hydrogen (secondary N) is 2. The summed E-state index contributed by atoms with van der Waals surface area (Å²) in [5.41, 5.74) is 7.59. The highest BCUT2D eigenvalue weighted by molar-refractivity contribution is 6.18. The third kappa shape index (κ3) is 2.90. The largest absolute Gasteiger partial charge is 0.361 e. The number of aromatic amines is 1. The van der Waals surface area contributed by atoms with Gasteiger partial charge in [0.05, 0.1) is 17.9 Å². The van der Waals surface area contributed by atoms with Crippen LogP contribution in [-0.4, -0.2) is 34.4 Å². The third-order valence-electron chi connectivity index (χ3n) is 6.09. The summed E-state index contributed by atoms with van der Waals surface area (Å²) in [4.78, 5) is 22.9. The normalized spacial score (nSPS) is 18.2. The average molecular weight is 425 g/mol.